The van der Waals surface area contributed by atoms with E-state index in [1.165, 1.54) is 37.7 Å². The van der Waals surface area contributed by atoms with Gasteiger partial charge in [0.05, 0.1) is 0 Å². The van der Waals surface area contributed by atoms with Crippen molar-refractivity contribution in [3.8, 4) is 0 Å². The Hall–Kier alpha value is -1.08. The lowest BCUT2D eigenvalue weighted by Gasteiger charge is -2.28. The molecule has 1 aliphatic rings. The van der Waals surface area contributed by atoms with E-state index >= 15 is 0 Å². The van der Waals surface area contributed by atoms with Gasteiger partial charge in [-0.2, -0.15) is 0 Å². The quantitative estimate of drug-likeness (QED) is 0.757. The molecular weight excluding hydrogens is 230 g/mol. The minimum absolute atomic E-state index is 0.505. The Bertz CT molecular complexity index is 393. The predicted octanol–water partition coefficient (Wildman–Crippen LogP) is 4.66. The van der Waals surface area contributed by atoms with E-state index in [1.807, 2.05) is 0 Å². The van der Waals surface area contributed by atoms with Crippen LogP contribution in [0, 0.1) is 0 Å². The van der Waals surface area contributed by atoms with Crippen molar-refractivity contribution in [1.82, 2.24) is 5.32 Å². The van der Waals surface area contributed by atoms with Gasteiger partial charge in [-0.15, -0.1) is 0 Å². The van der Waals surface area contributed by atoms with Crippen LogP contribution in [0.1, 0.15) is 57.4 Å². The van der Waals surface area contributed by atoms with Crippen LogP contribution in [-0.2, 0) is 0 Å². The van der Waals surface area contributed by atoms with E-state index in [1.54, 1.807) is 5.57 Å². The summed E-state index contributed by atoms with van der Waals surface area (Å²) in [5.74, 6) is 0.547. The summed E-state index contributed by atoms with van der Waals surface area (Å²) in [6.45, 7) is 5.61. The van der Waals surface area contributed by atoms with Gasteiger partial charge in [0.2, 0.25) is 0 Å². The molecule has 1 heteroatoms. The Morgan fingerprint density at radius 1 is 1.11 bits per heavy atom. The third-order valence-corrected chi connectivity index (χ3v) is 4.22. The van der Waals surface area contributed by atoms with Crippen molar-refractivity contribution in [3.05, 3.63) is 47.5 Å². The summed E-state index contributed by atoms with van der Waals surface area (Å²) < 4.78 is 0. The van der Waals surface area contributed by atoms with Crippen LogP contribution in [0.4, 0.5) is 0 Å². The van der Waals surface area contributed by atoms with Crippen LogP contribution in [0.25, 0.3) is 0 Å². The second kappa shape index (κ2) is 7.49. The molecule has 19 heavy (non-hydrogen) atoms. The molecule has 1 aromatic rings. The summed E-state index contributed by atoms with van der Waals surface area (Å²) in [5, 5.41) is 3.71. The van der Waals surface area contributed by atoms with Crippen LogP contribution in [-0.4, -0.2) is 12.6 Å². The van der Waals surface area contributed by atoms with E-state index in [9.17, 15) is 0 Å². The molecule has 0 saturated heterocycles. The lowest BCUT2D eigenvalue weighted by Crippen LogP contribution is -2.35. The highest BCUT2D eigenvalue weighted by molar-refractivity contribution is 5.26. The summed E-state index contributed by atoms with van der Waals surface area (Å²) in [5.41, 5.74) is 3.08. The Morgan fingerprint density at radius 2 is 1.89 bits per heavy atom. The number of benzene rings is 1. The number of likely N-dealkylation sites (N-methyl/N-ethyl adjacent to an activating group) is 1. The van der Waals surface area contributed by atoms with Crippen LogP contribution >= 0.6 is 0 Å². The molecule has 1 aliphatic carbocycles. The lowest BCUT2D eigenvalue weighted by molar-refractivity contribution is 0.498. The highest BCUT2D eigenvalue weighted by atomic mass is 14.9. The van der Waals surface area contributed by atoms with Crippen LogP contribution in [0.2, 0.25) is 0 Å². The maximum atomic E-state index is 3.71. The molecule has 2 atom stereocenters. The van der Waals surface area contributed by atoms with Gasteiger partial charge in [-0.05, 0) is 37.8 Å². The van der Waals surface area contributed by atoms with Gasteiger partial charge in [0.25, 0.3) is 0 Å². The summed E-state index contributed by atoms with van der Waals surface area (Å²) in [6.07, 6.45) is 9.14. The summed E-state index contributed by atoms with van der Waals surface area (Å²) in [6, 6.07) is 11.4. The summed E-state index contributed by atoms with van der Waals surface area (Å²) in [7, 11) is 0. The normalized spacial score (nSPS) is 19.4. The van der Waals surface area contributed by atoms with Crippen LogP contribution in [0.15, 0.2) is 42.0 Å². The van der Waals surface area contributed by atoms with Crippen molar-refractivity contribution < 1.29 is 0 Å². The van der Waals surface area contributed by atoms with E-state index in [0.717, 1.165) is 6.54 Å². The van der Waals surface area contributed by atoms with Crippen LogP contribution in [0.5, 0.6) is 0 Å². The molecule has 1 nitrogen and oxygen atoms in total. The van der Waals surface area contributed by atoms with Crippen molar-refractivity contribution in [2.75, 3.05) is 6.54 Å². The van der Waals surface area contributed by atoms with Gasteiger partial charge >= 0.3 is 0 Å². The molecule has 1 N–H and O–H groups in total. The van der Waals surface area contributed by atoms with Crippen molar-refractivity contribution in [2.45, 2.75) is 57.9 Å². The van der Waals surface area contributed by atoms with Gasteiger partial charge in [-0.1, -0.05) is 62.2 Å². The number of nitrogens with one attached hydrogen (secondary N) is 1. The predicted molar refractivity (Wildman–Crippen MR) is 83.5 cm³/mol. The van der Waals surface area contributed by atoms with Gasteiger partial charge in [-0.25, -0.2) is 0 Å². The van der Waals surface area contributed by atoms with Crippen molar-refractivity contribution in [2.24, 2.45) is 0 Å². The molecule has 0 fully saturated rings. The van der Waals surface area contributed by atoms with Gasteiger partial charge in [0.15, 0.2) is 0 Å². The van der Waals surface area contributed by atoms with Crippen molar-refractivity contribution in [3.63, 3.8) is 0 Å². The highest BCUT2D eigenvalue weighted by Crippen LogP contribution is 2.29. The fourth-order valence-corrected chi connectivity index (χ4v) is 3.12. The molecule has 0 radical (unpaired) electrons. The molecule has 0 spiro atoms. The van der Waals surface area contributed by atoms with E-state index in [4.69, 9.17) is 0 Å². The van der Waals surface area contributed by atoms with E-state index in [0.29, 0.717) is 12.0 Å². The zero-order valence-corrected chi connectivity index (χ0v) is 12.4. The monoisotopic (exact) mass is 257 g/mol. The molecule has 0 heterocycles. The fraction of sp³-hybridized carbons (Fsp3) is 0.556. The summed E-state index contributed by atoms with van der Waals surface area (Å²) >= 11 is 0. The minimum Gasteiger partial charge on any atom is -0.310 e. The first-order chi connectivity index (χ1) is 9.33. The first-order valence-electron chi connectivity index (χ1n) is 7.80. The van der Waals surface area contributed by atoms with Gasteiger partial charge in [0, 0.05) is 12.0 Å². The van der Waals surface area contributed by atoms with Gasteiger partial charge in [0.1, 0.15) is 0 Å². The molecule has 0 bridgehead atoms. The number of hydrogen-bond donors (Lipinski definition) is 1. The molecule has 0 aliphatic heterocycles. The van der Waals surface area contributed by atoms with Crippen LogP contribution in [0.3, 0.4) is 0 Å². The maximum Gasteiger partial charge on any atom is 0.0345 e. The van der Waals surface area contributed by atoms with E-state index in [-0.39, 0.29) is 0 Å². The molecule has 0 amide bonds. The molecule has 2 unspecified atom stereocenters. The Balaban J connectivity index is 2.16. The topological polar surface area (TPSA) is 12.0 Å². The zero-order valence-electron chi connectivity index (χ0n) is 12.4. The Morgan fingerprint density at radius 3 is 2.63 bits per heavy atom. The maximum absolute atomic E-state index is 3.71. The van der Waals surface area contributed by atoms with Crippen molar-refractivity contribution >= 4 is 0 Å². The molecule has 2 rings (SSSR count). The third-order valence-electron chi connectivity index (χ3n) is 4.22. The van der Waals surface area contributed by atoms with E-state index < -0.39 is 0 Å². The standard InChI is InChI=1S/C18H27N/c1-3-19-18(17-13-7-4-5-8-14-17)15(2)16-11-9-6-10-12-16/h6,9-13,15,18-19H,3-5,7-8,14H2,1-2H3. The Kier molecular flexibility index (Phi) is 5.65. The van der Waals surface area contributed by atoms with Crippen molar-refractivity contribution in [1.29, 1.82) is 0 Å². The van der Waals surface area contributed by atoms with Gasteiger partial charge in [-0.3, -0.25) is 0 Å². The van der Waals surface area contributed by atoms with Gasteiger partial charge < -0.3 is 5.32 Å². The average Bonchev–Trinajstić information content (AvgIpc) is 2.74. The zero-order chi connectivity index (χ0) is 13.5. The average molecular weight is 257 g/mol. The van der Waals surface area contributed by atoms with E-state index in [2.05, 4.69) is 55.6 Å². The number of hydrogen-bond acceptors (Lipinski definition) is 1. The molecule has 0 saturated carbocycles. The lowest BCUT2D eigenvalue weighted by atomic mass is 9.86. The minimum atomic E-state index is 0.505. The molecule has 104 valence electrons. The largest absolute Gasteiger partial charge is 0.310 e. The van der Waals surface area contributed by atoms with Crippen LogP contribution < -0.4 is 5.32 Å². The number of rotatable bonds is 5. The molecule has 0 aromatic heterocycles. The molecular formula is C18H27N. The second-order valence-electron chi connectivity index (χ2n) is 5.61. The first kappa shape index (κ1) is 14.3. The summed E-state index contributed by atoms with van der Waals surface area (Å²) in [4.78, 5) is 0. The highest BCUT2D eigenvalue weighted by Gasteiger charge is 2.22. The first-order valence-corrected chi connectivity index (χ1v) is 7.80. The second-order valence-corrected chi connectivity index (χ2v) is 5.61. The SMILES string of the molecule is CCNC(C1=CCCCCC1)C(C)c1ccccc1. The number of allylic oxidation sites excluding steroid dienone is 1. The Labute approximate surface area is 118 Å². The third kappa shape index (κ3) is 3.94. The molecule has 1 aromatic carbocycles. The fourth-order valence-electron chi connectivity index (χ4n) is 3.12. The smallest absolute Gasteiger partial charge is 0.0345 e.